The van der Waals surface area contributed by atoms with Gasteiger partial charge in [-0.25, -0.2) is 0 Å². The van der Waals surface area contributed by atoms with E-state index in [9.17, 15) is 0 Å². The van der Waals surface area contributed by atoms with E-state index in [0.29, 0.717) is 0 Å². The lowest BCUT2D eigenvalue weighted by molar-refractivity contribution is 0.660. The van der Waals surface area contributed by atoms with Crippen molar-refractivity contribution in [2.45, 2.75) is 32.1 Å². The number of hydrogen-bond donors (Lipinski definition) is 0. The Labute approximate surface area is 367 Å². The Balaban J connectivity index is 1.09. The van der Waals surface area contributed by atoms with Crippen LogP contribution in [0.1, 0.15) is 36.1 Å². The highest BCUT2D eigenvalue weighted by atomic mass is 16.3. The maximum absolute atomic E-state index is 7.09. The van der Waals surface area contributed by atoms with E-state index in [1.54, 1.807) is 0 Å². The summed E-state index contributed by atoms with van der Waals surface area (Å²) in [4.78, 5) is 2.51. The smallest absolute Gasteiger partial charge is 0.145 e. The molecule has 2 aliphatic rings. The van der Waals surface area contributed by atoms with Gasteiger partial charge in [0, 0.05) is 27.6 Å². The summed E-state index contributed by atoms with van der Waals surface area (Å²) in [5.74, 6) is 0. The van der Waals surface area contributed by atoms with E-state index in [1.807, 2.05) is 0 Å². The zero-order valence-electron chi connectivity index (χ0n) is 35.3. The van der Waals surface area contributed by atoms with Crippen LogP contribution in [0.4, 0.5) is 17.1 Å². The summed E-state index contributed by atoms with van der Waals surface area (Å²) in [6, 6.07) is 74.1. The second-order valence-electron chi connectivity index (χ2n) is 17.9. The summed E-state index contributed by atoms with van der Waals surface area (Å²) < 4.78 is 7.09. The van der Waals surface area contributed by atoms with Crippen LogP contribution in [0.15, 0.2) is 205 Å². The first-order valence-electron chi connectivity index (χ1n) is 22.2. The summed E-state index contributed by atoms with van der Waals surface area (Å²) in [7, 11) is 0. The minimum atomic E-state index is -0.159. The molecule has 10 aromatic carbocycles. The molecule has 63 heavy (non-hydrogen) atoms. The molecule has 0 radical (unpaired) electrons. The number of aryl methyl sites for hydroxylation is 2. The molecule has 1 heterocycles. The molecule has 298 valence electrons. The molecule has 2 heteroatoms. The third-order valence-electron chi connectivity index (χ3n) is 14.1. The summed E-state index contributed by atoms with van der Waals surface area (Å²) in [5, 5.41) is 7.11. The average molecular weight is 806 g/mol. The summed E-state index contributed by atoms with van der Waals surface area (Å²) in [6.07, 6.45) is 2.15. The first-order chi connectivity index (χ1) is 31.0. The molecule has 0 N–H and O–H groups in total. The minimum Gasteiger partial charge on any atom is -0.455 e. The monoisotopic (exact) mass is 805 g/mol. The third-order valence-corrected chi connectivity index (χ3v) is 14.1. The second kappa shape index (κ2) is 13.7. The van der Waals surface area contributed by atoms with Crippen LogP contribution < -0.4 is 4.90 Å². The molecule has 11 aromatic rings. The van der Waals surface area contributed by atoms with Crippen LogP contribution in [0.5, 0.6) is 0 Å². The van der Waals surface area contributed by atoms with Crippen molar-refractivity contribution in [1.82, 2.24) is 0 Å². The van der Waals surface area contributed by atoms with Gasteiger partial charge in [0.2, 0.25) is 0 Å². The predicted octanol–water partition coefficient (Wildman–Crippen LogP) is 16.8. The van der Waals surface area contributed by atoms with E-state index in [0.717, 1.165) is 57.4 Å². The van der Waals surface area contributed by atoms with Gasteiger partial charge < -0.3 is 9.32 Å². The number of para-hydroxylation sites is 1. The highest BCUT2D eigenvalue weighted by Gasteiger charge is 2.38. The van der Waals surface area contributed by atoms with Crippen LogP contribution in [0, 0.1) is 0 Å². The first-order valence-corrected chi connectivity index (χ1v) is 22.2. The lowest BCUT2D eigenvalue weighted by atomic mass is 9.82. The van der Waals surface area contributed by atoms with Gasteiger partial charge in [0.25, 0.3) is 0 Å². The van der Waals surface area contributed by atoms with Gasteiger partial charge in [-0.2, -0.15) is 0 Å². The summed E-state index contributed by atoms with van der Waals surface area (Å²) >= 11 is 0. The van der Waals surface area contributed by atoms with E-state index < -0.39 is 0 Å². The molecule has 0 amide bonds. The van der Waals surface area contributed by atoms with E-state index in [-0.39, 0.29) is 5.41 Å². The van der Waals surface area contributed by atoms with Gasteiger partial charge in [0.1, 0.15) is 11.2 Å². The van der Waals surface area contributed by atoms with Gasteiger partial charge in [0.05, 0.1) is 16.8 Å². The third kappa shape index (κ3) is 5.38. The van der Waals surface area contributed by atoms with Crippen LogP contribution in [-0.4, -0.2) is 0 Å². The van der Waals surface area contributed by atoms with E-state index in [2.05, 4.69) is 219 Å². The number of nitrogens with zero attached hydrogens (tertiary/aromatic N) is 1. The first kappa shape index (κ1) is 36.0. The molecule has 0 spiro atoms. The van der Waals surface area contributed by atoms with Crippen molar-refractivity contribution in [3.8, 4) is 44.5 Å². The van der Waals surface area contributed by atoms with Crippen LogP contribution >= 0.6 is 0 Å². The Bertz CT molecular complexity index is 3680. The number of fused-ring (bicyclic) bond motifs is 12. The van der Waals surface area contributed by atoms with Gasteiger partial charge in [-0.3, -0.25) is 0 Å². The molecule has 0 bridgehead atoms. The number of rotatable bonds is 5. The molecule has 13 rings (SSSR count). The normalized spacial score (nSPS) is 13.6. The lowest BCUT2D eigenvalue weighted by Gasteiger charge is -2.30. The Kier molecular flexibility index (Phi) is 7.81. The van der Waals surface area contributed by atoms with E-state index in [1.165, 1.54) is 82.7 Å². The number of furan rings is 1. The van der Waals surface area contributed by atoms with Gasteiger partial charge >= 0.3 is 0 Å². The molecular formula is C61H43NO. The zero-order chi connectivity index (χ0) is 41.8. The van der Waals surface area contributed by atoms with Crippen molar-refractivity contribution in [1.29, 1.82) is 0 Å². The molecule has 0 atom stereocenters. The summed E-state index contributed by atoms with van der Waals surface area (Å²) in [5.41, 5.74) is 20.4. The zero-order valence-corrected chi connectivity index (χ0v) is 35.3. The Hall–Kier alpha value is -7.68. The molecule has 0 aliphatic heterocycles. The fourth-order valence-corrected chi connectivity index (χ4v) is 11.1. The Morgan fingerprint density at radius 2 is 1.11 bits per heavy atom. The molecule has 0 saturated heterocycles. The van der Waals surface area contributed by atoms with E-state index >= 15 is 0 Å². The average Bonchev–Trinajstić information content (AvgIpc) is 3.84. The number of hydrogen-bond acceptors (Lipinski definition) is 2. The summed E-state index contributed by atoms with van der Waals surface area (Å²) in [6.45, 7) is 4.73. The lowest BCUT2D eigenvalue weighted by Crippen LogP contribution is -2.16. The van der Waals surface area contributed by atoms with Crippen molar-refractivity contribution in [3.63, 3.8) is 0 Å². The molecule has 2 aliphatic carbocycles. The molecule has 2 nitrogen and oxygen atoms in total. The Morgan fingerprint density at radius 1 is 0.429 bits per heavy atom. The van der Waals surface area contributed by atoms with Gasteiger partial charge in [-0.1, -0.05) is 166 Å². The molecule has 0 fully saturated rings. The SMILES string of the molecule is CC1(C)c2ccccc2-c2c(N(c3cccc(-c4ccc5c(c4)-c4ccccc4CC5)c3)c3ccc(-c4cc5ccccc5c5ccccc45)c4oc5ccccc5c34)cccc21. The highest BCUT2D eigenvalue weighted by Crippen LogP contribution is 2.56. The van der Waals surface area contributed by atoms with Crippen LogP contribution in [0.25, 0.3) is 88.0 Å². The van der Waals surface area contributed by atoms with Crippen LogP contribution in [-0.2, 0) is 18.3 Å². The van der Waals surface area contributed by atoms with Gasteiger partial charge in [-0.05, 0) is 139 Å². The molecule has 0 saturated carbocycles. The minimum absolute atomic E-state index is 0.159. The quantitative estimate of drug-likeness (QED) is 0.161. The van der Waals surface area contributed by atoms with Crippen molar-refractivity contribution in [3.05, 3.63) is 222 Å². The highest BCUT2D eigenvalue weighted by molar-refractivity contribution is 6.21. The Morgan fingerprint density at radius 3 is 2.00 bits per heavy atom. The fraction of sp³-hybridized carbons (Fsp3) is 0.0820. The van der Waals surface area contributed by atoms with E-state index in [4.69, 9.17) is 4.42 Å². The van der Waals surface area contributed by atoms with Crippen molar-refractivity contribution < 1.29 is 4.42 Å². The predicted molar refractivity (Wildman–Crippen MR) is 265 cm³/mol. The van der Waals surface area contributed by atoms with Crippen LogP contribution in [0.3, 0.4) is 0 Å². The topological polar surface area (TPSA) is 16.4 Å². The van der Waals surface area contributed by atoms with Gasteiger partial charge in [0.15, 0.2) is 0 Å². The second-order valence-corrected chi connectivity index (χ2v) is 17.9. The van der Waals surface area contributed by atoms with Crippen molar-refractivity contribution >= 4 is 60.5 Å². The van der Waals surface area contributed by atoms with Crippen molar-refractivity contribution in [2.75, 3.05) is 4.90 Å². The van der Waals surface area contributed by atoms with Crippen molar-refractivity contribution in [2.24, 2.45) is 0 Å². The van der Waals surface area contributed by atoms with Crippen LogP contribution in [0.2, 0.25) is 0 Å². The number of anilines is 3. The standard InChI is InChI=1S/C61H43NO/c1-61(2)53-25-11-9-23-49(53)58-54(61)26-14-27-55(58)62(43-18-13-17-40(35-43)41-32-31-39-30-29-38-15-3-5-19-44(38)51(39)36-41)56-34-33-48(60-59(56)50-24-10-12-28-57(50)63-60)52-37-42-16-4-6-20-45(42)46-21-7-8-22-47(46)52/h3-28,31-37H,29-30H2,1-2H3. The maximum Gasteiger partial charge on any atom is 0.145 e. The maximum atomic E-state index is 7.09. The largest absolute Gasteiger partial charge is 0.455 e. The number of benzene rings is 10. The fourth-order valence-electron chi connectivity index (χ4n) is 11.1. The van der Waals surface area contributed by atoms with Gasteiger partial charge in [-0.15, -0.1) is 0 Å². The molecular weight excluding hydrogens is 763 g/mol. The molecule has 1 aromatic heterocycles. The molecule has 0 unspecified atom stereocenters.